The number of benzene rings is 1. The maximum Gasteiger partial charge on any atom is 0.328 e. The average Bonchev–Trinajstić information content (AvgIpc) is 2.62. The maximum atomic E-state index is 13.3. The zero-order valence-electron chi connectivity index (χ0n) is 11.4. The minimum Gasteiger partial charge on any atom is -0.480 e. The summed E-state index contributed by atoms with van der Waals surface area (Å²) in [6.07, 6.45) is 0. The monoisotopic (exact) mass is 328 g/mol. The van der Waals surface area contributed by atoms with E-state index in [1.807, 2.05) is 0 Å². The number of halogens is 1. The summed E-state index contributed by atoms with van der Waals surface area (Å²) in [6, 6.07) is 3.73. The molecule has 1 aliphatic carbocycles. The molecule has 0 fully saturated rings. The highest BCUT2D eigenvalue weighted by molar-refractivity contribution is 8.24. The van der Waals surface area contributed by atoms with Crippen LogP contribution in [0.5, 0.6) is 0 Å². The molecular weight excluding hydrogens is 315 g/mol. The zero-order valence-corrected chi connectivity index (χ0v) is 13.0. The van der Waals surface area contributed by atoms with Gasteiger partial charge in [0.15, 0.2) is 10.5 Å². The molecule has 112 valence electrons. The van der Waals surface area contributed by atoms with Crippen molar-refractivity contribution in [3.8, 4) is 0 Å². The number of carboxylic acid groups (broad SMARTS) is 1. The molecule has 1 N–H and O–H groups in total. The molecule has 2 unspecified atom stereocenters. The second kappa shape index (κ2) is 5.73. The van der Waals surface area contributed by atoms with Crippen LogP contribution >= 0.6 is 24.0 Å². The standard InChI is InChI=1S/C14H13FO4S2/c1-3-19-13(20)21-14(12(17)18)7(2)9-5-4-8(15)6-10(9)11(14)16/h4-7H,3H2,1-2H3,(H,17,18). The van der Waals surface area contributed by atoms with Crippen molar-refractivity contribution in [3.63, 3.8) is 0 Å². The Labute approximate surface area is 130 Å². The Morgan fingerprint density at radius 1 is 1.57 bits per heavy atom. The third-order valence-electron chi connectivity index (χ3n) is 3.50. The van der Waals surface area contributed by atoms with Gasteiger partial charge in [0, 0.05) is 11.5 Å². The molecule has 0 spiro atoms. The average molecular weight is 328 g/mol. The molecule has 1 aromatic carbocycles. The van der Waals surface area contributed by atoms with Crippen molar-refractivity contribution in [2.45, 2.75) is 24.5 Å². The van der Waals surface area contributed by atoms with Gasteiger partial charge in [-0.05, 0) is 48.6 Å². The number of Topliss-reactive ketones (excluding diaryl/α,β-unsaturated/α-hetero) is 1. The minimum atomic E-state index is -1.80. The van der Waals surface area contributed by atoms with Gasteiger partial charge in [0.2, 0.25) is 4.38 Å². The number of hydrogen-bond donors (Lipinski definition) is 1. The van der Waals surface area contributed by atoms with Crippen molar-refractivity contribution < 1.29 is 23.8 Å². The van der Waals surface area contributed by atoms with Crippen LogP contribution in [0.3, 0.4) is 0 Å². The van der Waals surface area contributed by atoms with Crippen LogP contribution < -0.4 is 0 Å². The van der Waals surface area contributed by atoms with Gasteiger partial charge >= 0.3 is 5.97 Å². The number of fused-ring (bicyclic) bond motifs is 1. The molecule has 2 rings (SSSR count). The second-order valence-electron chi connectivity index (χ2n) is 4.61. The van der Waals surface area contributed by atoms with Gasteiger partial charge in [-0.25, -0.2) is 4.39 Å². The van der Waals surface area contributed by atoms with E-state index in [4.69, 9.17) is 17.0 Å². The van der Waals surface area contributed by atoms with Gasteiger partial charge in [-0.3, -0.25) is 9.59 Å². The van der Waals surface area contributed by atoms with E-state index < -0.39 is 28.2 Å². The fourth-order valence-electron chi connectivity index (χ4n) is 2.46. The van der Waals surface area contributed by atoms with Gasteiger partial charge in [0.05, 0.1) is 6.61 Å². The highest BCUT2D eigenvalue weighted by atomic mass is 32.2. The Hall–Kier alpha value is -1.47. The van der Waals surface area contributed by atoms with Crippen molar-refractivity contribution in [3.05, 3.63) is 35.1 Å². The van der Waals surface area contributed by atoms with Crippen molar-refractivity contribution in [1.82, 2.24) is 0 Å². The van der Waals surface area contributed by atoms with Gasteiger partial charge in [0.1, 0.15) is 5.82 Å². The van der Waals surface area contributed by atoms with Gasteiger partial charge < -0.3 is 9.84 Å². The highest BCUT2D eigenvalue weighted by Gasteiger charge is 2.58. The van der Waals surface area contributed by atoms with Crippen LogP contribution in [-0.2, 0) is 9.53 Å². The van der Waals surface area contributed by atoms with E-state index in [1.54, 1.807) is 13.8 Å². The largest absolute Gasteiger partial charge is 0.480 e. The SMILES string of the molecule is CCOC(=S)SC1(C(=O)O)C(=O)c2cc(F)ccc2C1C. The quantitative estimate of drug-likeness (QED) is 0.680. The van der Waals surface area contributed by atoms with Crippen LogP contribution in [-0.4, -0.2) is 32.6 Å². The van der Waals surface area contributed by atoms with Crippen LogP contribution in [0.4, 0.5) is 4.39 Å². The number of thioether (sulfide) groups is 1. The molecule has 0 bridgehead atoms. The predicted molar refractivity (Wildman–Crippen MR) is 81.3 cm³/mol. The zero-order chi connectivity index (χ0) is 15.8. The fraction of sp³-hybridized carbons (Fsp3) is 0.357. The van der Waals surface area contributed by atoms with Gasteiger partial charge in [-0.2, -0.15) is 0 Å². The van der Waals surface area contributed by atoms with Crippen LogP contribution in [0.2, 0.25) is 0 Å². The summed E-state index contributed by atoms with van der Waals surface area (Å²) in [5.74, 6) is -3.16. The Morgan fingerprint density at radius 2 is 2.24 bits per heavy atom. The van der Waals surface area contributed by atoms with E-state index in [9.17, 15) is 19.1 Å². The number of ether oxygens (including phenoxy) is 1. The molecule has 0 saturated heterocycles. The normalized spacial score (nSPS) is 23.8. The second-order valence-corrected chi connectivity index (χ2v) is 6.46. The van der Waals surface area contributed by atoms with Gasteiger partial charge in [-0.15, -0.1) is 0 Å². The molecule has 0 amide bonds. The van der Waals surface area contributed by atoms with Crippen LogP contribution in [0.25, 0.3) is 0 Å². The first-order valence-electron chi connectivity index (χ1n) is 6.28. The van der Waals surface area contributed by atoms with E-state index in [0.29, 0.717) is 17.3 Å². The number of hydrogen-bond acceptors (Lipinski definition) is 5. The highest BCUT2D eigenvalue weighted by Crippen LogP contribution is 2.49. The summed E-state index contributed by atoms with van der Waals surface area (Å²) in [5.41, 5.74) is 0.604. The molecule has 0 aliphatic heterocycles. The van der Waals surface area contributed by atoms with E-state index in [1.165, 1.54) is 12.1 Å². The molecule has 21 heavy (non-hydrogen) atoms. The molecule has 0 saturated carbocycles. The van der Waals surface area contributed by atoms with Crippen LogP contribution in [0, 0.1) is 5.82 Å². The molecule has 1 aromatic rings. The summed E-state index contributed by atoms with van der Waals surface area (Å²) in [5, 5.41) is 9.61. The van der Waals surface area contributed by atoms with E-state index in [0.717, 1.165) is 6.07 Å². The molecule has 4 nitrogen and oxygen atoms in total. The van der Waals surface area contributed by atoms with Crippen molar-refractivity contribution >= 4 is 40.1 Å². The minimum absolute atomic E-state index is 0.00613. The summed E-state index contributed by atoms with van der Waals surface area (Å²) >= 11 is 5.68. The number of carbonyl (C=O) groups excluding carboxylic acids is 1. The first kappa shape index (κ1) is 15.9. The molecule has 7 heteroatoms. The smallest absolute Gasteiger partial charge is 0.328 e. The summed E-state index contributed by atoms with van der Waals surface area (Å²) < 4.78 is 16.6. The number of ketones is 1. The Balaban J connectivity index is 2.51. The fourth-order valence-corrected chi connectivity index (χ4v) is 4.00. The Kier molecular flexibility index (Phi) is 4.34. The third kappa shape index (κ3) is 2.44. The summed E-state index contributed by atoms with van der Waals surface area (Å²) in [7, 11) is 0. The number of thiocarbonyl (C=S) groups is 1. The lowest BCUT2D eigenvalue weighted by Gasteiger charge is -2.26. The molecule has 0 aromatic heterocycles. The Morgan fingerprint density at radius 3 is 2.81 bits per heavy atom. The van der Waals surface area contributed by atoms with Crippen LogP contribution in [0.1, 0.15) is 35.7 Å². The topological polar surface area (TPSA) is 63.6 Å². The van der Waals surface area contributed by atoms with E-state index in [2.05, 4.69) is 0 Å². The molecular formula is C14H13FO4S2. The molecule has 1 aliphatic rings. The van der Waals surface area contributed by atoms with Crippen LogP contribution in [0.15, 0.2) is 18.2 Å². The summed E-state index contributed by atoms with van der Waals surface area (Å²) in [6.45, 7) is 3.62. The van der Waals surface area contributed by atoms with E-state index >= 15 is 0 Å². The number of aliphatic carboxylic acids is 1. The first-order chi connectivity index (χ1) is 9.84. The van der Waals surface area contributed by atoms with E-state index in [-0.39, 0.29) is 16.6 Å². The number of carboxylic acids is 1. The predicted octanol–water partition coefficient (Wildman–Crippen LogP) is 3.00. The summed E-state index contributed by atoms with van der Waals surface area (Å²) in [4.78, 5) is 24.4. The molecule has 0 heterocycles. The number of carbonyl (C=O) groups is 2. The lowest BCUT2D eigenvalue weighted by molar-refractivity contribution is -0.138. The van der Waals surface area contributed by atoms with Crippen molar-refractivity contribution in [2.75, 3.05) is 6.61 Å². The first-order valence-corrected chi connectivity index (χ1v) is 7.50. The van der Waals surface area contributed by atoms with Crippen molar-refractivity contribution in [1.29, 1.82) is 0 Å². The third-order valence-corrected chi connectivity index (χ3v) is 5.19. The lowest BCUT2D eigenvalue weighted by Crippen LogP contribution is -2.44. The lowest BCUT2D eigenvalue weighted by atomic mass is 9.93. The number of rotatable bonds is 3. The molecule has 2 atom stereocenters. The molecule has 0 radical (unpaired) electrons. The maximum absolute atomic E-state index is 13.3. The van der Waals surface area contributed by atoms with Crippen molar-refractivity contribution in [2.24, 2.45) is 0 Å². The van der Waals surface area contributed by atoms with Gasteiger partial charge in [-0.1, -0.05) is 13.0 Å². The van der Waals surface area contributed by atoms with Gasteiger partial charge in [0.25, 0.3) is 0 Å². The Bertz CT molecular complexity index is 631.